The van der Waals surface area contributed by atoms with E-state index in [0.29, 0.717) is 12.2 Å². The molecule has 5 heteroatoms. The van der Waals surface area contributed by atoms with Gasteiger partial charge in [-0.05, 0) is 37.1 Å². The lowest BCUT2D eigenvalue weighted by Crippen LogP contribution is -2.25. The quantitative estimate of drug-likeness (QED) is 0.917. The summed E-state index contributed by atoms with van der Waals surface area (Å²) >= 11 is 6.01. The Morgan fingerprint density at radius 3 is 2.65 bits per heavy atom. The van der Waals surface area contributed by atoms with Gasteiger partial charge in [0.25, 0.3) is 0 Å². The van der Waals surface area contributed by atoms with Gasteiger partial charge in [-0.2, -0.15) is 0 Å². The van der Waals surface area contributed by atoms with E-state index >= 15 is 0 Å². The van der Waals surface area contributed by atoms with Crippen molar-refractivity contribution in [1.82, 2.24) is 15.3 Å². The minimum absolute atomic E-state index is 0.0834. The second-order valence-corrected chi connectivity index (χ2v) is 5.02. The highest BCUT2D eigenvalue weighted by Crippen LogP contribution is 2.24. The predicted molar refractivity (Wildman–Crippen MR) is 78.3 cm³/mol. The molecule has 1 N–H and O–H groups in total. The minimum Gasteiger partial charge on any atom is -0.307 e. The van der Waals surface area contributed by atoms with Gasteiger partial charge in [-0.25, -0.2) is 14.4 Å². The molecule has 1 aromatic carbocycles. The number of halogens is 2. The van der Waals surface area contributed by atoms with E-state index in [1.807, 2.05) is 19.9 Å². The van der Waals surface area contributed by atoms with Crippen molar-refractivity contribution in [3.8, 4) is 0 Å². The van der Waals surface area contributed by atoms with Gasteiger partial charge in [0.2, 0.25) is 0 Å². The van der Waals surface area contributed by atoms with Crippen LogP contribution in [0.3, 0.4) is 0 Å². The molecule has 1 atom stereocenters. The van der Waals surface area contributed by atoms with Crippen LogP contribution in [0, 0.1) is 12.7 Å². The number of nitrogens with one attached hydrogen (secondary N) is 1. The summed E-state index contributed by atoms with van der Waals surface area (Å²) in [6.45, 7) is 4.72. The fraction of sp³-hybridized carbons (Fsp3) is 0.333. The summed E-state index contributed by atoms with van der Waals surface area (Å²) in [5, 5.41) is 3.48. The van der Waals surface area contributed by atoms with Crippen molar-refractivity contribution < 1.29 is 4.39 Å². The molecule has 1 heterocycles. The van der Waals surface area contributed by atoms with Crippen LogP contribution in [0.15, 0.2) is 30.6 Å². The van der Waals surface area contributed by atoms with Crippen LogP contribution < -0.4 is 5.32 Å². The molecule has 0 bridgehead atoms. The Balaban J connectivity index is 2.25. The highest BCUT2D eigenvalue weighted by atomic mass is 35.5. The molecule has 2 rings (SSSR count). The molecule has 0 spiro atoms. The topological polar surface area (TPSA) is 37.8 Å². The molecule has 0 amide bonds. The average molecular weight is 294 g/mol. The summed E-state index contributed by atoms with van der Waals surface area (Å²) in [5.74, 6) is 0.294. The Bertz CT molecular complexity index is 572. The van der Waals surface area contributed by atoms with E-state index in [4.69, 9.17) is 11.6 Å². The fourth-order valence-corrected chi connectivity index (χ4v) is 2.21. The highest BCUT2D eigenvalue weighted by molar-refractivity contribution is 6.31. The van der Waals surface area contributed by atoms with Gasteiger partial charge < -0.3 is 5.32 Å². The highest BCUT2D eigenvalue weighted by Gasteiger charge is 2.16. The molecule has 0 aliphatic heterocycles. The number of aromatic nitrogens is 2. The molecule has 1 aromatic heterocycles. The number of likely N-dealkylation sites (N-methyl/N-ethyl adjacent to an activating group) is 1. The summed E-state index contributed by atoms with van der Waals surface area (Å²) in [6.07, 6.45) is 4.10. The van der Waals surface area contributed by atoms with Crippen LogP contribution >= 0.6 is 11.6 Å². The first-order valence-electron chi connectivity index (χ1n) is 6.56. The molecule has 0 radical (unpaired) electrons. The third-order valence-electron chi connectivity index (χ3n) is 3.02. The number of hydrogen-bond acceptors (Lipinski definition) is 3. The van der Waals surface area contributed by atoms with Crippen LogP contribution in [0.5, 0.6) is 0 Å². The van der Waals surface area contributed by atoms with Crippen molar-refractivity contribution in [2.45, 2.75) is 26.3 Å². The summed E-state index contributed by atoms with van der Waals surface area (Å²) < 4.78 is 13.5. The summed E-state index contributed by atoms with van der Waals surface area (Å²) in [4.78, 5) is 8.67. The Morgan fingerprint density at radius 1 is 1.30 bits per heavy atom. The van der Waals surface area contributed by atoms with E-state index in [2.05, 4.69) is 15.3 Å². The SMILES string of the molecule is CCNC(Cc1cccc(F)c1Cl)c1ncc(C)cn1. The molecular formula is C15H17ClFN3. The lowest BCUT2D eigenvalue weighted by molar-refractivity contribution is 0.519. The van der Waals surface area contributed by atoms with Crippen molar-refractivity contribution in [1.29, 1.82) is 0 Å². The zero-order valence-electron chi connectivity index (χ0n) is 11.5. The summed E-state index contributed by atoms with van der Waals surface area (Å²) in [5.41, 5.74) is 1.76. The van der Waals surface area contributed by atoms with Gasteiger partial charge in [0.1, 0.15) is 11.6 Å². The standard InChI is InChI=1S/C15H17ClFN3/c1-3-18-13(15-19-8-10(2)9-20-15)7-11-5-4-6-12(17)14(11)16/h4-6,8-9,13,18H,3,7H2,1-2H3. The van der Waals surface area contributed by atoms with Crippen LogP contribution in [0.2, 0.25) is 5.02 Å². The second-order valence-electron chi connectivity index (χ2n) is 4.65. The van der Waals surface area contributed by atoms with Gasteiger partial charge in [0.15, 0.2) is 0 Å². The maximum Gasteiger partial charge on any atom is 0.145 e. The van der Waals surface area contributed by atoms with Gasteiger partial charge in [-0.1, -0.05) is 30.7 Å². The maximum absolute atomic E-state index is 13.5. The molecule has 0 aliphatic rings. The monoisotopic (exact) mass is 293 g/mol. The number of benzene rings is 1. The number of rotatable bonds is 5. The first kappa shape index (κ1) is 14.9. The van der Waals surface area contributed by atoms with Gasteiger partial charge in [0, 0.05) is 12.4 Å². The van der Waals surface area contributed by atoms with E-state index in [0.717, 1.165) is 17.7 Å². The summed E-state index contributed by atoms with van der Waals surface area (Å²) in [6, 6.07) is 4.76. The molecule has 106 valence electrons. The number of hydrogen-bond donors (Lipinski definition) is 1. The molecule has 20 heavy (non-hydrogen) atoms. The smallest absolute Gasteiger partial charge is 0.145 e. The van der Waals surface area contributed by atoms with Crippen LogP contribution in [0.1, 0.15) is 29.9 Å². The van der Waals surface area contributed by atoms with Crippen LogP contribution in [-0.2, 0) is 6.42 Å². The third kappa shape index (κ3) is 3.52. The van der Waals surface area contributed by atoms with Crippen LogP contribution in [0.25, 0.3) is 0 Å². The summed E-state index contributed by atoms with van der Waals surface area (Å²) in [7, 11) is 0. The lowest BCUT2D eigenvalue weighted by atomic mass is 10.0. The van der Waals surface area contributed by atoms with Gasteiger partial charge >= 0.3 is 0 Å². The van der Waals surface area contributed by atoms with Crippen LogP contribution in [-0.4, -0.2) is 16.5 Å². The maximum atomic E-state index is 13.5. The molecule has 0 fully saturated rings. The Labute approximate surface area is 123 Å². The molecule has 3 nitrogen and oxygen atoms in total. The first-order valence-corrected chi connectivity index (χ1v) is 6.94. The van der Waals surface area contributed by atoms with E-state index in [9.17, 15) is 4.39 Å². The van der Waals surface area contributed by atoms with Gasteiger partial charge in [0.05, 0.1) is 11.1 Å². The third-order valence-corrected chi connectivity index (χ3v) is 3.44. The molecule has 0 saturated carbocycles. The fourth-order valence-electron chi connectivity index (χ4n) is 2.01. The molecule has 2 aromatic rings. The number of aryl methyl sites for hydroxylation is 1. The second kappa shape index (κ2) is 6.77. The van der Waals surface area contributed by atoms with Crippen molar-refractivity contribution in [3.63, 3.8) is 0 Å². The van der Waals surface area contributed by atoms with E-state index < -0.39 is 5.82 Å². The Hall–Kier alpha value is -1.52. The van der Waals surface area contributed by atoms with Crippen molar-refractivity contribution >= 4 is 11.6 Å². The van der Waals surface area contributed by atoms with E-state index in [1.165, 1.54) is 6.07 Å². The van der Waals surface area contributed by atoms with E-state index in [1.54, 1.807) is 18.5 Å². The largest absolute Gasteiger partial charge is 0.307 e. The Kier molecular flexibility index (Phi) is 5.04. The van der Waals surface area contributed by atoms with E-state index in [-0.39, 0.29) is 11.1 Å². The molecule has 0 aliphatic carbocycles. The first-order chi connectivity index (χ1) is 9.61. The van der Waals surface area contributed by atoms with Gasteiger partial charge in [-0.15, -0.1) is 0 Å². The van der Waals surface area contributed by atoms with Gasteiger partial charge in [-0.3, -0.25) is 0 Å². The molecule has 1 unspecified atom stereocenters. The zero-order valence-corrected chi connectivity index (χ0v) is 12.3. The van der Waals surface area contributed by atoms with Crippen LogP contribution in [0.4, 0.5) is 4.39 Å². The van der Waals surface area contributed by atoms with Crippen molar-refractivity contribution in [2.24, 2.45) is 0 Å². The van der Waals surface area contributed by atoms with Crippen molar-refractivity contribution in [2.75, 3.05) is 6.54 Å². The molecule has 0 saturated heterocycles. The Morgan fingerprint density at radius 2 is 2.00 bits per heavy atom. The predicted octanol–water partition coefficient (Wildman–Crippen LogP) is 3.47. The number of nitrogens with zero attached hydrogens (tertiary/aromatic N) is 2. The van der Waals surface area contributed by atoms with Crippen molar-refractivity contribution in [3.05, 3.63) is 58.4 Å². The average Bonchev–Trinajstić information content (AvgIpc) is 2.44. The minimum atomic E-state index is -0.399. The molecular weight excluding hydrogens is 277 g/mol. The lowest BCUT2D eigenvalue weighted by Gasteiger charge is -2.17. The normalized spacial score (nSPS) is 12.4. The zero-order chi connectivity index (χ0) is 14.5.